The highest BCUT2D eigenvalue weighted by Gasteiger charge is 2.23. The van der Waals surface area contributed by atoms with Crippen molar-refractivity contribution in [1.29, 1.82) is 0 Å². The van der Waals surface area contributed by atoms with E-state index in [1.165, 1.54) is 0 Å². The van der Waals surface area contributed by atoms with E-state index in [2.05, 4.69) is 9.71 Å². The maximum atomic E-state index is 13.3. The van der Waals surface area contributed by atoms with Crippen molar-refractivity contribution < 1.29 is 8.42 Å². The second-order valence-electron chi connectivity index (χ2n) is 8.57. The zero-order valence-corrected chi connectivity index (χ0v) is 20.9. The minimum absolute atomic E-state index is 0.0462. The van der Waals surface area contributed by atoms with Crippen LogP contribution in [0.2, 0.25) is 0 Å². The van der Waals surface area contributed by atoms with Crippen molar-refractivity contribution in [3.8, 4) is 0 Å². The van der Waals surface area contributed by atoms with E-state index in [1.807, 2.05) is 111 Å². The van der Waals surface area contributed by atoms with Crippen LogP contribution in [0.1, 0.15) is 25.0 Å². The van der Waals surface area contributed by atoms with Crippen molar-refractivity contribution in [3.05, 3.63) is 120 Å². The first-order valence-corrected chi connectivity index (χ1v) is 13.0. The van der Waals surface area contributed by atoms with Gasteiger partial charge in [0.05, 0.1) is 4.90 Å². The number of hydrogen-bond acceptors (Lipinski definition) is 3. The lowest BCUT2D eigenvalue weighted by molar-refractivity contribution is 0.598. The van der Waals surface area contributed by atoms with E-state index in [1.54, 1.807) is 24.3 Å². The molecule has 0 aliphatic heterocycles. The van der Waals surface area contributed by atoms with Crippen LogP contribution in [0.4, 0.5) is 17.1 Å². The molecule has 0 radical (unpaired) electrons. The van der Waals surface area contributed by atoms with E-state index in [4.69, 9.17) is 0 Å². The van der Waals surface area contributed by atoms with Crippen LogP contribution in [-0.2, 0) is 10.0 Å². The Kier molecular flexibility index (Phi) is 7.32. The molecule has 35 heavy (non-hydrogen) atoms. The number of hydrogen-bond donors (Lipinski definition) is 1. The van der Waals surface area contributed by atoms with Gasteiger partial charge in [0.25, 0.3) is 10.0 Å². The van der Waals surface area contributed by atoms with Gasteiger partial charge in [0.1, 0.15) is 0 Å². The topological polar surface area (TPSA) is 61.8 Å². The molecule has 0 saturated carbocycles. The maximum absolute atomic E-state index is 13.3. The van der Waals surface area contributed by atoms with Crippen LogP contribution in [0, 0.1) is 6.92 Å². The summed E-state index contributed by atoms with van der Waals surface area (Å²) >= 11 is 0. The lowest BCUT2D eigenvalue weighted by Crippen LogP contribution is -2.38. The zero-order chi connectivity index (χ0) is 24.8. The Morgan fingerprint density at radius 2 is 1.29 bits per heavy atom. The van der Waals surface area contributed by atoms with E-state index >= 15 is 0 Å². The van der Waals surface area contributed by atoms with Crippen molar-refractivity contribution in [1.82, 2.24) is 0 Å². The third-order valence-electron chi connectivity index (χ3n) is 5.51. The summed E-state index contributed by atoms with van der Waals surface area (Å²) in [6, 6.07) is 34.0. The number of benzene rings is 4. The van der Waals surface area contributed by atoms with Gasteiger partial charge in [-0.3, -0.25) is 0 Å². The van der Waals surface area contributed by atoms with Gasteiger partial charge in [-0.2, -0.15) is 8.42 Å². The van der Waals surface area contributed by atoms with Gasteiger partial charge in [-0.15, -0.1) is 4.40 Å². The second kappa shape index (κ2) is 10.6. The van der Waals surface area contributed by atoms with E-state index in [9.17, 15) is 8.42 Å². The lowest BCUT2D eigenvalue weighted by Gasteiger charge is -2.30. The van der Waals surface area contributed by atoms with Crippen LogP contribution in [0.3, 0.4) is 0 Å². The van der Waals surface area contributed by atoms with Gasteiger partial charge in [-0.05, 0) is 69.3 Å². The van der Waals surface area contributed by atoms with Crippen LogP contribution < -0.4 is 10.2 Å². The van der Waals surface area contributed by atoms with Gasteiger partial charge in [0.15, 0.2) is 5.84 Å². The van der Waals surface area contributed by atoms with E-state index in [0.717, 1.165) is 28.2 Å². The quantitative estimate of drug-likeness (QED) is 0.232. The predicted molar refractivity (Wildman–Crippen MR) is 145 cm³/mol. The predicted octanol–water partition coefficient (Wildman–Crippen LogP) is 6.79. The molecule has 0 spiro atoms. The molecule has 0 aliphatic rings. The molecule has 4 aromatic rings. The molecule has 0 fully saturated rings. The third kappa shape index (κ3) is 5.97. The lowest BCUT2D eigenvalue weighted by atomic mass is 10.1. The summed E-state index contributed by atoms with van der Waals surface area (Å²) in [6.45, 7) is 5.96. The molecule has 5 nitrogen and oxygen atoms in total. The summed E-state index contributed by atoms with van der Waals surface area (Å²) in [7, 11) is -3.93. The Morgan fingerprint density at radius 3 is 1.86 bits per heavy atom. The monoisotopic (exact) mass is 483 g/mol. The fraction of sp³-hybridized carbons (Fsp3) is 0.138. The molecule has 0 heterocycles. The normalized spacial score (nSPS) is 11.9. The van der Waals surface area contributed by atoms with Crippen molar-refractivity contribution in [3.63, 3.8) is 0 Å². The van der Waals surface area contributed by atoms with Crippen LogP contribution in [0.25, 0.3) is 0 Å². The molecule has 0 aliphatic carbocycles. The molecular formula is C29H29N3O2S. The Labute approximate surface area is 207 Å². The molecule has 0 saturated heterocycles. The largest absolute Gasteiger partial charge is 0.356 e. The highest BCUT2D eigenvalue weighted by molar-refractivity contribution is 7.90. The number of para-hydroxylation sites is 1. The number of nitrogens with zero attached hydrogens (tertiary/aromatic N) is 2. The third-order valence-corrected chi connectivity index (χ3v) is 6.79. The molecule has 0 bridgehead atoms. The first-order chi connectivity index (χ1) is 16.8. The summed E-state index contributed by atoms with van der Waals surface area (Å²) in [5.74, 6) is 0.380. The SMILES string of the molecule is Cc1ccc(S(=O)(=O)/N=C(\c2ccccc2)N(c2ccc(Nc3ccccc3)cc2)C(C)C)cc1. The Hall–Kier alpha value is -3.90. The van der Waals surface area contributed by atoms with Gasteiger partial charge in [-0.1, -0.05) is 66.2 Å². The first kappa shape index (κ1) is 24.2. The zero-order valence-electron chi connectivity index (χ0n) is 20.1. The van der Waals surface area contributed by atoms with Crippen molar-refractivity contribution in [2.45, 2.75) is 31.7 Å². The van der Waals surface area contributed by atoms with Crippen molar-refractivity contribution >= 4 is 32.9 Å². The Morgan fingerprint density at radius 1 is 0.743 bits per heavy atom. The summed E-state index contributed by atoms with van der Waals surface area (Å²) in [5, 5.41) is 3.38. The summed E-state index contributed by atoms with van der Waals surface area (Å²) in [6.07, 6.45) is 0. The maximum Gasteiger partial charge on any atom is 0.284 e. The van der Waals surface area contributed by atoms with Crippen LogP contribution in [-0.4, -0.2) is 20.3 Å². The molecule has 0 unspecified atom stereocenters. The summed E-state index contributed by atoms with van der Waals surface area (Å²) in [5.41, 5.74) is 4.50. The van der Waals surface area contributed by atoms with E-state index in [0.29, 0.717) is 5.84 Å². The van der Waals surface area contributed by atoms with Crippen molar-refractivity contribution in [2.24, 2.45) is 4.40 Å². The van der Waals surface area contributed by atoms with Crippen LogP contribution >= 0.6 is 0 Å². The molecule has 0 aromatic heterocycles. The van der Waals surface area contributed by atoms with E-state index < -0.39 is 10.0 Å². The fourth-order valence-corrected chi connectivity index (χ4v) is 4.76. The standard InChI is InChI=1S/C29H29N3O2S/c1-22(2)32(27-18-16-26(17-19-27)30-25-12-8-5-9-13-25)29(24-10-6-4-7-11-24)31-35(33,34)28-20-14-23(3)15-21-28/h4-22,30H,1-3H3/b31-29+. The first-order valence-electron chi connectivity index (χ1n) is 11.5. The molecule has 178 valence electrons. The number of nitrogens with one attached hydrogen (secondary N) is 1. The molecule has 4 rings (SSSR count). The smallest absolute Gasteiger partial charge is 0.284 e. The number of rotatable bonds is 7. The Balaban J connectivity index is 1.76. The van der Waals surface area contributed by atoms with Gasteiger partial charge in [0.2, 0.25) is 0 Å². The summed E-state index contributed by atoms with van der Waals surface area (Å²) < 4.78 is 31.0. The molecule has 4 aromatic carbocycles. The molecule has 6 heteroatoms. The van der Waals surface area contributed by atoms with E-state index in [-0.39, 0.29) is 10.9 Å². The average molecular weight is 484 g/mol. The molecular weight excluding hydrogens is 454 g/mol. The van der Waals surface area contributed by atoms with Crippen LogP contribution in [0.15, 0.2) is 118 Å². The molecule has 0 amide bonds. The number of amidine groups is 1. The number of anilines is 3. The van der Waals surface area contributed by atoms with Crippen LogP contribution in [0.5, 0.6) is 0 Å². The second-order valence-corrected chi connectivity index (χ2v) is 10.2. The van der Waals surface area contributed by atoms with Crippen molar-refractivity contribution in [2.75, 3.05) is 10.2 Å². The number of aryl methyl sites for hydroxylation is 1. The van der Waals surface area contributed by atoms with Gasteiger partial charge in [0, 0.05) is 28.7 Å². The highest BCUT2D eigenvalue weighted by Crippen LogP contribution is 2.26. The minimum atomic E-state index is -3.93. The molecule has 0 atom stereocenters. The molecule has 1 N–H and O–H groups in total. The minimum Gasteiger partial charge on any atom is -0.356 e. The average Bonchev–Trinajstić information content (AvgIpc) is 2.86. The highest BCUT2D eigenvalue weighted by atomic mass is 32.2. The summed E-state index contributed by atoms with van der Waals surface area (Å²) in [4.78, 5) is 2.12. The Bertz CT molecular complexity index is 1380. The fourth-order valence-electron chi connectivity index (χ4n) is 3.76. The van der Waals surface area contributed by atoms with Gasteiger partial charge < -0.3 is 10.2 Å². The van der Waals surface area contributed by atoms with Gasteiger partial charge in [-0.25, -0.2) is 0 Å². The van der Waals surface area contributed by atoms with Gasteiger partial charge >= 0.3 is 0 Å². The number of sulfonamides is 1.